The lowest BCUT2D eigenvalue weighted by molar-refractivity contribution is -0.136. The predicted octanol–water partition coefficient (Wildman–Crippen LogP) is 2.55. The van der Waals surface area contributed by atoms with Gasteiger partial charge >= 0.3 is 0 Å². The van der Waals surface area contributed by atoms with Crippen molar-refractivity contribution < 1.29 is 4.79 Å². The van der Waals surface area contributed by atoms with Gasteiger partial charge in [-0.3, -0.25) is 9.69 Å². The number of carbonyl (C=O) groups is 1. The van der Waals surface area contributed by atoms with Crippen molar-refractivity contribution in [3.63, 3.8) is 0 Å². The van der Waals surface area contributed by atoms with Crippen LogP contribution in [0.3, 0.4) is 0 Å². The third-order valence-electron chi connectivity index (χ3n) is 6.52. The molecule has 146 valence electrons. The molecular formula is C22H32N4O. The first-order chi connectivity index (χ1) is 13.0. The summed E-state index contributed by atoms with van der Waals surface area (Å²) in [4.78, 5) is 19.8. The zero-order valence-electron chi connectivity index (χ0n) is 16.9. The lowest BCUT2D eigenvalue weighted by Gasteiger charge is -2.33. The van der Waals surface area contributed by atoms with Crippen LogP contribution in [0.25, 0.3) is 10.9 Å². The molecule has 4 rings (SSSR count). The minimum atomic E-state index is 0.216. The molecule has 0 radical (unpaired) electrons. The molecule has 0 aliphatic carbocycles. The maximum Gasteiger partial charge on any atom is 0.225 e. The number of nitrogens with zero attached hydrogens (tertiary/aromatic N) is 4. The van der Waals surface area contributed by atoms with Gasteiger partial charge in [-0.1, -0.05) is 18.2 Å². The Hall–Kier alpha value is -1.85. The molecule has 0 N–H and O–H groups in total. The molecule has 2 aliphatic heterocycles. The first-order valence-corrected chi connectivity index (χ1v) is 10.2. The van der Waals surface area contributed by atoms with Crippen molar-refractivity contribution in [3.8, 4) is 0 Å². The monoisotopic (exact) mass is 368 g/mol. The van der Waals surface area contributed by atoms with Crippen molar-refractivity contribution in [1.82, 2.24) is 19.3 Å². The van der Waals surface area contributed by atoms with Crippen LogP contribution in [0.4, 0.5) is 0 Å². The summed E-state index contributed by atoms with van der Waals surface area (Å²) in [5.41, 5.74) is 2.72. The first-order valence-electron chi connectivity index (χ1n) is 10.2. The van der Waals surface area contributed by atoms with E-state index in [1.807, 2.05) is 0 Å². The van der Waals surface area contributed by atoms with Crippen LogP contribution in [0.5, 0.6) is 0 Å². The Kier molecular flexibility index (Phi) is 5.24. The Morgan fingerprint density at radius 3 is 2.59 bits per heavy atom. The van der Waals surface area contributed by atoms with Crippen LogP contribution >= 0.6 is 0 Å². The van der Waals surface area contributed by atoms with E-state index in [-0.39, 0.29) is 5.92 Å². The maximum absolute atomic E-state index is 12.9. The van der Waals surface area contributed by atoms with Crippen LogP contribution in [0.1, 0.15) is 24.8 Å². The Labute approximate surface area is 162 Å². The van der Waals surface area contributed by atoms with Gasteiger partial charge in [0.2, 0.25) is 5.91 Å². The second kappa shape index (κ2) is 7.64. The fourth-order valence-electron chi connectivity index (χ4n) is 4.77. The number of likely N-dealkylation sites (N-methyl/N-ethyl adjacent to an activating group) is 1. The Morgan fingerprint density at radius 2 is 1.89 bits per heavy atom. The number of rotatable bonds is 4. The van der Waals surface area contributed by atoms with Crippen LogP contribution in [-0.2, 0) is 18.4 Å². The molecule has 0 spiro atoms. The summed E-state index contributed by atoms with van der Waals surface area (Å²) in [5.74, 6) is 0.608. The predicted molar refractivity (Wildman–Crippen MR) is 110 cm³/mol. The van der Waals surface area contributed by atoms with Gasteiger partial charge in [0.25, 0.3) is 0 Å². The number of benzene rings is 1. The van der Waals surface area contributed by atoms with Crippen LogP contribution in [0.15, 0.2) is 30.5 Å². The quantitative estimate of drug-likeness (QED) is 0.831. The van der Waals surface area contributed by atoms with Crippen LogP contribution in [-0.4, -0.2) is 71.5 Å². The van der Waals surface area contributed by atoms with Gasteiger partial charge in [-0.2, -0.15) is 0 Å². The van der Waals surface area contributed by atoms with E-state index < -0.39 is 0 Å². The van der Waals surface area contributed by atoms with Crippen molar-refractivity contribution in [1.29, 1.82) is 0 Å². The van der Waals surface area contributed by atoms with Gasteiger partial charge in [0.15, 0.2) is 0 Å². The molecule has 1 atom stereocenters. The summed E-state index contributed by atoms with van der Waals surface area (Å²) in [6, 6.07) is 9.29. The number of aryl methyl sites for hydroxylation is 1. The maximum atomic E-state index is 12.9. The van der Waals surface area contributed by atoms with Gasteiger partial charge in [0.05, 0.1) is 5.52 Å². The third kappa shape index (κ3) is 3.76. The highest BCUT2D eigenvalue weighted by atomic mass is 16.2. The standard InChI is InChI=1S/C22H32N4O/c1-23(2)20-10-14-26(16-20)22(27)18-8-12-25(13-9-18)15-19-6-4-5-17-7-11-24(3)21(17)19/h4-7,11,18,20H,8-10,12-16H2,1-3H3/t20-/m1/s1. The smallest absolute Gasteiger partial charge is 0.225 e. The van der Waals surface area contributed by atoms with Crippen molar-refractivity contribution in [2.24, 2.45) is 13.0 Å². The zero-order chi connectivity index (χ0) is 19.0. The minimum Gasteiger partial charge on any atom is -0.350 e. The van der Waals surface area contributed by atoms with Crippen LogP contribution in [0, 0.1) is 5.92 Å². The van der Waals surface area contributed by atoms with Gasteiger partial charge < -0.3 is 14.4 Å². The van der Waals surface area contributed by atoms with E-state index in [0.717, 1.165) is 52.0 Å². The molecule has 5 nitrogen and oxygen atoms in total. The van der Waals surface area contributed by atoms with Crippen molar-refractivity contribution in [2.75, 3.05) is 40.3 Å². The fourth-order valence-corrected chi connectivity index (χ4v) is 4.77. The molecule has 2 aliphatic rings. The Balaban J connectivity index is 1.34. The van der Waals surface area contributed by atoms with E-state index in [4.69, 9.17) is 0 Å². The average molecular weight is 369 g/mol. The summed E-state index contributed by atoms with van der Waals surface area (Å²) in [5, 5.41) is 1.31. The summed E-state index contributed by atoms with van der Waals surface area (Å²) >= 11 is 0. The third-order valence-corrected chi connectivity index (χ3v) is 6.52. The number of likely N-dealkylation sites (tertiary alicyclic amines) is 2. The summed E-state index contributed by atoms with van der Waals surface area (Å²) in [6.45, 7) is 4.84. The highest BCUT2D eigenvalue weighted by Gasteiger charge is 2.33. The van der Waals surface area contributed by atoms with E-state index in [2.05, 4.69) is 70.9 Å². The summed E-state index contributed by atoms with van der Waals surface area (Å²) in [6.07, 6.45) is 5.23. The number of amides is 1. The molecule has 0 bridgehead atoms. The molecule has 27 heavy (non-hydrogen) atoms. The van der Waals surface area contributed by atoms with Gasteiger partial charge in [0, 0.05) is 44.8 Å². The molecule has 5 heteroatoms. The normalized spacial score (nSPS) is 22.2. The molecule has 1 aromatic carbocycles. The van der Waals surface area contributed by atoms with E-state index in [1.165, 1.54) is 16.5 Å². The summed E-state index contributed by atoms with van der Waals surface area (Å²) in [7, 11) is 6.35. The van der Waals surface area contributed by atoms with Gasteiger partial charge in [0.1, 0.15) is 0 Å². The largest absolute Gasteiger partial charge is 0.350 e. The molecule has 1 aromatic heterocycles. The second-order valence-electron chi connectivity index (χ2n) is 8.52. The molecule has 2 aromatic rings. The van der Waals surface area contributed by atoms with E-state index >= 15 is 0 Å². The number of piperidine rings is 1. The molecule has 2 fully saturated rings. The fraction of sp³-hybridized carbons (Fsp3) is 0.591. The average Bonchev–Trinajstić information content (AvgIpc) is 3.30. The van der Waals surface area contributed by atoms with E-state index in [1.54, 1.807) is 0 Å². The molecule has 3 heterocycles. The van der Waals surface area contributed by atoms with Crippen molar-refractivity contribution in [3.05, 3.63) is 36.0 Å². The Bertz CT molecular complexity index is 804. The lowest BCUT2D eigenvalue weighted by Crippen LogP contribution is -2.42. The molecule has 0 saturated carbocycles. The van der Waals surface area contributed by atoms with E-state index in [9.17, 15) is 4.79 Å². The number of hydrogen-bond donors (Lipinski definition) is 0. The van der Waals surface area contributed by atoms with Crippen LogP contribution < -0.4 is 0 Å². The topological polar surface area (TPSA) is 31.7 Å². The first kappa shape index (κ1) is 18.5. The molecule has 0 unspecified atom stereocenters. The SMILES string of the molecule is CN(C)[C@@H]1CCN(C(=O)C2CCN(Cc3cccc4ccn(C)c34)CC2)C1. The van der Waals surface area contributed by atoms with E-state index in [0.29, 0.717) is 11.9 Å². The number of fused-ring (bicyclic) bond motifs is 1. The van der Waals surface area contributed by atoms with Gasteiger partial charge in [-0.25, -0.2) is 0 Å². The summed E-state index contributed by atoms with van der Waals surface area (Å²) < 4.78 is 2.22. The number of para-hydroxylation sites is 1. The highest BCUT2D eigenvalue weighted by Crippen LogP contribution is 2.26. The second-order valence-corrected chi connectivity index (χ2v) is 8.52. The molecule has 1 amide bonds. The number of aromatic nitrogens is 1. The highest BCUT2D eigenvalue weighted by molar-refractivity contribution is 5.83. The minimum absolute atomic E-state index is 0.216. The van der Waals surface area contributed by atoms with Gasteiger partial charge in [-0.05, 0) is 63.5 Å². The number of hydrogen-bond acceptors (Lipinski definition) is 3. The zero-order valence-corrected chi connectivity index (χ0v) is 16.9. The lowest BCUT2D eigenvalue weighted by atomic mass is 9.95. The molecule has 2 saturated heterocycles. The molecular weight excluding hydrogens is 336 g/mol. The number of carbonyl (C=O) groups excluding carboxylic acids is 1. The van der Waals surface area contributed by atoms with Gasteiger partial charge in [-0.15, -0.1) is 0 Å². The van der Waals surface area contributed by atoms with Crippen molar-refractivity contribution in [2.45, 2.75) is 31.8 Å². The Morgan fingerprint density at radius 1 is 1.11 bits per heavy atom. The van der Waals surface area contributed by atoms with Crippen molar-refractivity contribution >= 4 is 16.8 Å². The van der Waals surface area contributed by atoms with Crippen LogP contribution in [0.2, 0.25) is 0 Å².